The van der Waals surface area contributed by atoms with Gasteiger partial charge in [0.15, 0.2) is 0 Å². The lowest BCUT2D eigenvalue weighted by molar-refractivity contribution is -0.126. The highest BCUT2D eigenvalue weighted by molar-refractivity contribution is 7.98. The summed E-state index contributed by atoms with van der Waals surface area (Å²) in [5.74, 6) is -0.415. The van der Waals surface area contributed by atoms with E-state index in [1.807, 2.05) is 30.5 Å². The minimum absolute atomic E-state index is 0. The highest BCUT2D eigenvalue weighted by Crippen LogP contribution is 2.20. The summed E-state index contributed by atoms with van der Waals surface area (Å²) in [4.78, 5) is 25.5. The monoisotopic (exact) mass is 425 g/mol. The van der Waals surface area contributed by atoms with Gasteiger partial charge in [0, 0.05) is 23.3 Å². The zero-order chi connectivity index (χ0) is 19.2. The third-order valence-corrected chi connectivity index (χ3v) is 4.99. The summed E-state index contributed by atoms with van der Waals surface area (Å²) >= 11 is 1.64. The quantitative estimate of drug-likeness (QED) is 0.586. The van der Waals surface area contributed by atoms with Gasteiger partial charge >= 0.3 is 0 Å². The van der Waals surface area contributed by atoms with Crippen LogP contribution < -0.4 is 16.4 Å². The van der Waals surface area contributed by atoms with Crippen molar-refractivity contribution in [2.24, 2.45) is 5.73 Å². The number of hydrogen-bond donors (Lipinski definition) is 3. The van der Waals surface area contributed by atoms with E-state index in [1.165, 1.54) is 10.9 Å². The van der Waals surface area contributed by atoms with Gasteiger partial charge < -0.3 is 21.1 Å². The van der Waals surface area contributed by atoms with E-state index in [2.05, 4.69) is 15.7 Å². The fourth-order valence-electron chi connectivity index (χ4n) is 2.83. The van der Waals surface area contributed by atoms with Crippen molar-refractivity contribution < 1.29 is 14.3 Å². The van der Waals surface area contributed by atoms with Crippen molar-refractivity contribution in [3.63, 3.8) is 0 Å². The zero-order valence-corrected chi connectivity index (χ0v) is 17.1. The lowest BCUT2D eigenvalue weighted by atomic mass is 10.2. The molecule has 2 heterocycles. The minimum atomic E-state index is -0.491. The van der Waals surface area contributed by atoms with Crippen molar-refractivity contribution in [2.75, 3.05) is 23.4 Å². The van der Waals surface area contributed by atoms with Crippen LogP contribution in [0.15, 0.2) is 41.6 Å². The van der Waals surface area contributed by atoms with Gasteiger partial charge in [-0.2, -0.15) is 5.10 Å². The number of anilines is 2. The second-order valence-corrected chi connectivity index (χ2v) is 7.13. The van der Waals surface area contributed by atoms with Crippen molar-refractivity contribution in [1.29, 1.82) is 0 Å². The molecule has 0 unspecified atom stereocenters. The van der Waals surface area contributed by atoms with Gasteiger partial charge in [0.05, 0.1) is 18.0 Å². The van der Waals surface area contributed by atoms with Crippen molar-refractivity contribution in [3.8, 4) is 0 Å². The molecule has 0 saturated carbocycles. The van der Waals surface area contributed by atoms with Crippen LogP contribution in [0.25, 0.3) is 0 Å². The first kappa shape index (κ1) is 22.2. The number of nitrogens with zero attached hydrogens (tertiary/aromatic N) is 2. The molecule has 1 aliphatic heterocycles. The highest BCUT2D eigenvalue weighted by atomic mass is 35.5. The summed E-state index contributed by atoms with van der Waals surface area (Å²) in [6, 6.07) is 7.60. The third kappa shape index (κ3) is 5.96. The number of rotatable bonds is 7. The largest absolute Gasteiger partial charge is 0.364 e. The van der Waals surface area contributed by atoms with Crippen LogP contribution in [0.2, 0.25) is 0 Å². The Labute approximate surface area is 174 Å². The Morgan fingerprint density at radius 2 is 2.00 bits per heavy atom. The van der Waals surface area contributed by atoms with Gasteiger partial charge in [0.2, 0.25) is 5.91 Å². The minimum Gasteiger partial charge on any atom is -0.364 e. The van der Waals surface area contributed by atoms with E-state index >= 15 is 0 Å². The van der Waals surface area contributed by atoms with Crippen molar-refractivity contribution in [1.82, 2.24) is 9.78 Å². The number of carbonyl (C=O) groups is 2. The predicted molar refractivity (Wildman–Crippen MR) is 112 cm³/mol. The van der Waals surface area contributed by atoms with E-state index in [9.17, 15) is 9.59 Å². The first-order valence-electron chi connectivity index (χ1n) is 8.70. The summed E-state index contributed by atoms with van der Waals surface area (Å²) < 4.78 is 7.04. The molecule has 28 heavy (non-hydrogen) atoms. The molecular weight excluding hydrogens is 402 g/mol. The van der Waals surface area contributed by atoms with Crippen molar-refractivity contribution >= 4 is 47.4 Å². The van der Waals surface area contributed by atoms with E-state index in [0.717, 1.165) is 17.0 Å². The molecule has 2 atom stereocenters. The topological polar surface area (TPSA) is 111 Å². The molecule has 2 aromatic rings. The molecule has 8 nitrogen and oxygen atoms in total. The average Bonchev–Trinajstić information content (AvgIpc) is 3.31. The smallest absolute Gasteiger partial charge is 0.253 e. The number of halogens is 1. The Bertz CT molecular complexity index is 799. The van der Waals surface area contributed by atoms with E-state index in [1.54, 1.807) is 18.0 Å². The van der Waals surface area contributed by atoms with Gasteiger partial charge in [-0.1, -0.05) is 0 Å². The number of thioether (sulfide) groups is 1. The maximum atomic E-state index is 12.2. The van der Waals surface area contributed by atoms with Crippen molar-refractivity contribution in [2.45, 2.75) is 36.5 Å². The Hall–Kier alpha value is -2.07. The Morgan fingerprint density at radius 1 is 1.25 bits per heavy atom. The number of benzene rings is 1. The maximum absolute atomic E-state index is 12.2. The molecule has 1 aromatic heterocycles. The molecule has 0 bridgehead atoms. The molecule has 1 saturated heterocycles. The number of amides is 2. The number of nitrogens with one attached hydrogen (secondary N) is 2. The molecule has 0 radical (unpaired) electrons. The van der Waals surface area contributed by atoms with Gasteiger partial charge in [-0.3, -0.25) is 14.3 Å². The highest BCUT2D eigenvalue weighted by Gasteiger charge is 2.30. The lowest BCUT2D eigenvalue weighted by Crippen LogP contribution is -2.29. The number of carbonyl (C=O) groups excluding carboxylic acids is 2. The average molecular weight is 426 g/mol. The molecular formula is C18H24ClN5O3S. The summed E-state index contributed by atoms with van der Waals surface area (Å²) in [6.45, 7) is 0.464. The van der Waals surface area contributed by atoms with E-state index < -0.39 is 6.10 Å². The molecule has 1 aromatic carbocycles. The van der Waals surface area contributed by atoms with Crippen LogP contribution in [0, 0.1) is 0 Å². The molecule has 1 aliphatic rings. The molecule has 0 aliphatic carbocycles. The van der Waals surface area contributed by atoms with Crippen LogP contribution in [0.3, 0.4) is 0 Å². The number of ether oxygens (including phenoxy) is 1. The standard InChI is InChI=1S/C18H23N5O3S.ClH/c1-27-15-5-2-12(3-6-15)21-17(24)11-23-10-13(9-20-23)22-18(25)16-7-4-14(8-19)26-16;/h2-3,5-6,9-10,14,16H,4,7-8,11,19H2,1H3,(H,21,24)(H,22,25);1H/t14-,16+;/m1./s1. The summed E-state index contributed by atoms with van der Waals surface area (Å²) in [6.07, 6.45) is 6.01. The van der Waals surface area contributed by atoms with E-state index in [-0.39, 0.29) is 36.9 Å². The van der Waals surface area contributed by atoms with Crippen LogP contribution in [0.1, 0.15) is 12.8 Å². The summed E-state index contributed by atoms with van der Waals surface area (Å²) in [5.41, 5.74) is 6.81. The summed E-state index contributed by atoms with van der Waals surface area (Å²) in [5, 5.41) is 9.69. The van der Waals surface area contributed by atoms with Crippen LogP contribution in [0.4, 0.5) is 11.4 Å². The molecule has 10 heteroatoms. The van der Waals surface area contributed by atoms with Crippen LogP contribution in [0.5, 0.6) is 0 Å². The Morgan fingerprint density at radius 3 is 2.64 bits per heavy atom. The SMILES string of the molecule is CSc1ccc(NC(=O)Cn2cc(NC(=O)[C@@H]3CC[C@H](CN)O3)cn2)cc1.Cl. The first-order valence-corrected chi connectivity index (χ1v) is 9.92. The fraction of sp³-hybridized carbons (Fsp3) is 0.389. The number of hydrogen-bond acceptors (Lipinski definition) is 6. The van der Waals surface area contributed by atoms with Crippen molar-refractivity contribution in [3.05, 3.63) is 36.7 Å². The molecule has 4 N–H and O–H groups in total. The van der Waals surface area contributed by atoms with Crippen LogP contribution >= 0.6 is 24.2 Å². The van der Waals surface area contributed by atoms with Gasteiger partial charge in [-0.15, -0.1) is 24.2 Å². The molecule has 1 fully saturated rings. The fourth-order valence-corrected chi connectivity index (χ4v) is 3.24. The van der Waals surface area contributed by atoms with E-state index in [4.69, 9.17) is 10.5 Å². The van der Waals surface area contributed by atoms with Gasteiger partial charge in [0.1, 0.15) is 12.6 Å². The summed E-state index contributed by atoms with van der Waals surface area (Å²) in [7, 11) is 0. The van der Waals surface area contributed by atoms with Crippen LogP contribution in [-0.2, 0) is 20.9 Å². The number of aromatic nitrogens is 2. The van der Waals surface area contributed by atoms with Crippen LogP contribution in [-0.4, -0.2) is 46.6 Å². The molecule has 152 valence electrons. The maximum Gasteiger partial charge on any atom is 0.253 e. The first-order chi connectivity index (χ1) is 13.1. The van der Waals surface area contributed by atoms with Gasteiger partial charge in [-0.25, -0.2) is 0 Å². The predicted octanol–water partition coefficient (Wildman–Crippen LogP) is 2.11. The normalized spacial score (nSPS) is 18.4. The zero-order valence-electron chi connectivity index (χ0n) is 15.5. The molecule has 0 spiro atoms. The number of nitrogens with two attached hydrogens (primary N) is 1. The Balaban J connectivity index is 0.00000280. The van der Waals surface area contributed by atoms with Gasteiger partial charge in [0.25, 0.3) is 5.91 Å². The molecule has 2 amide bonds. The second-order valence-electron chi connectivity index (χ2n) is 6.25. The lowest BCUT2D eigenvalue weighted by Gasteiger charge is -2.11. The third-order valence-electron chi connectivity index (χ3n) is 4.24. The van der Waals surface area contributed by atoms with Gasteiger partial charge in [-0.05, 0) is 43.4 Å². The van der Waals surface area contributed by atoms with E-state index in [0.29, 0.717) is 18.7 Å². The molecule has 3 rings (SSSR count). The second kappa shape index (κ2) is 10.5. The Kier molecular flexibility index (Phi) is 8.31.